The van der Waals surface area contributed by atoms with Gasteiger partial charge in [0.15, 0.2) is 5.13 Å². The zero-order chi connectivity index (χ0) is 23.0. The molecule has 0 spiro atoms. The number of carbonyl (C=O) groups is 1. The molecule has 1 aromatic heterocycles. The molecular formula is C24H28FN3O3S2. The highest BCUT2D eigenvalue weighted by Crippen LogP contribution is 2.30. The zero-order valence-corrected chi connectivity index (χ0v) is 20.3. The largest absolute Gasteiger partial charge is 0.497 e. The maximum absolute atomic E-state index is 13.7. The minimum Gasteiger partial charge on any atom is -0.497 e. The first kappa shape index (κ1) is 23.9. The van der Waals surface area contributed by atoms with Gasteiger partial charge in [0.2, 0.25) is 5.91 Å². The van der Waals surface area contributed by atoms with Crippen molar-refractivity contribution in [2.75, 3.05) is 57.2 Å². The Hall–Kier alpha value is -2.20. The maximum atomic E-state index is 13.7. The van der Waals surface area contributed by atoms with Gasteiger partial charge in [-0.05, 0) is 48.9 Å². The summed E-state index contributed by atoms with van der Waals surface area (Å²) in [5.74, 6) is 1.23. The van der Waals surface area contributed by atoms with Gasteiger partial charge in [-0.1, -0.05) is 11.3 Å². The van der Waals surface area contributed by atoms with Crippen molar-refractivity contribution in [3.63, 3.8) is 0 Å². The van der Waals surface area contributed by atoms with E-state index in [0.717, 1.165) is 60.1 Å². The van der Waals surface area contributed by atoms with Gasteiger partial charge < -0.3 is 9.47 Å². The summed E-state index contributed by atoms with van der Waals surface area (Å²) in [7, 11) is 1.64. The number of morpholine rings is 1. The number of thiazole rings is 1. The second kappa shape index (κ2) is 11.8. The molecular weight excluding hydrogens is 461 g/mol. The number of rotatable bonds is 10. The van der Waals surface area contributed by atoms with Crippen LogP contribution in [0, 0.1) is 5.82 Å². The number of benzene rings is 2. The fourth-order valence-electron chi connectivity index (χ4n) is 3.67. The van der Waals surface area contributed by atoms with Crippen LogP contribution in [0.2, 0.25) is 0 Å². The normalized spacial score (nSPS) is 14.5. The van der Waals surface area contributed by atoms with Crippen molar-refractivity contribution in [3.8, 4) is 5.75 Å². The Morgan fingerprint density at radius 3 is 2.79 bits per heavy atom. The quantitative estimate of drug-likeness (QED) is 0.386. The van der Waals surface area contributed by atoms with Crippen LogP contribution in [0.15, 0.2) is 47.4 Å². The molecule has 4 rings (SSSR count). The number of methoxy groups -OCH3 is 1. The van der Waals surface area contributed by atoms with Crippen molar-refractivity contribution < 1.29 is 18.7 Å². The number of aromatic nitrogens is 1. The Labute approximate surface area is 201 Å². The fraction of sp³-hybridized carbons (Fsp3) is 0.417. The molecule has 0 N–H and O–H groups in total. The number of hydrogen-bond donors (Lipinski definition) is 0. The molecule has 1 amide bonds. The van der Waals surface area contributed by atoms with Gasteiger partial charge in [-0.25, -0.2) is 9.37 Å². The average molecular weight is 490 g/mol. The molecule has 1 fully saturated rings. The molecule has 2 heterocycles. The lowest BCUT2D eigenvalue weighted by molar-refractivity contribution is -0.118. The molecule has 3 aromatic rings. The number of hydrogen-bond acceptors (Lipinski definition) is 7. The van der Waals surface area contributed by atoms with Crippen LogP contribution in [-0.4, -0.2) is 68.0 Å². The maximum Gasteiger partial charge on any atom is 0.229 e. The first-order valence-corrected chi connectivity index (χ1v) is 12.9. The van der Waals surface area contributed by atoms with E-state index < -0.39 is 0 Å². The summed E-state index contributed by atoms with van der Waals surface area (Å²) < 4.78 is 25.0. The zero-order valence-electron chi connectivity index (χ0n) is 18.7. The van der Waals surface area contributed by atoms with Crippen LogP contribution in [0.4, 0.5) is 9.52 Å². The van der Waals surface area contributed by atoms with Gasteiger partial charge in [0.25, 0.3) is 0 Å². The Morgan fingerprint density at radius 2 is 2.03 bits per heavy atom. The average Bonchev–Trinajstić information content (AvgIpc) is 3.25. The molecule has 176 valence electrons. The van der Waals surface area contributed by atoms with Crippen molar-refractivity contribution in [2.24, 2.45) is 0 Å². The summed E-state index contributed by atoms with van der Waals surface area (Å²) in [6.45, 7) is 4.86. The molecule has 6 nitrogen and oxygen atoms in total. The third-order valence-corrected chi connectivity index (χ3v) is 7.53. The van der Waals surface area contributed by atoms with Gasteiger partial charge in [0, 0.05) is 43.2 Å². The second-order valence-corrected chi connectivity index (χ2v) is 9.91. The van der Waals surface area contributed by atoms with E-state index in [1.807, 2.05) is 24.3 Å². The monoisotopic (exact) mass is 489 g/mol. The Balaban J connectivity index is 1.40. The third kappa shape index (κ3) is 6.66. The first-order chi connectivity index (χ1) is 16.1. The van der Waals surface area contributed by atoms with Crippen molar-refractivity contribution in [1.29, 1.82) is 0 Å². The van der Waals surface area contributed by atoms with Gasteiger partial charge >= 0.3 is 0 Å². The minimum atomic E-state index is -0.293. The van der Waals surface area contributed by atoms with Crippen molar-refractivity contribution in [1.82, 2.24) is 9.88 Å². The minimum absolute atomic E-state index is 0.0394. The molecule has 2 aromatic carbocycles. The topological polar surface area (TPSA) is 54.9 Å². The number of fused-ring (bicyclic) bond motifs is 1. The van der Waals surface area contributed by atoms with Gasteiger partial charge in [-0.2, -0.15) is 0 Å². The number of halogens is 1. The van der Waals surface area contributed by atoms with Crippen LogP contribution in [0.1, 0.15) is 12.8 Å². The van der Waals surface area contributed by atoms with E-state index >= 15 is 0 Å². The molecule has 0 aliphatic carbocycles. The summed E-state index contributed by atoms with van der Waals surface area (Å²) in [6, 6.07) is 12.4. The summed E-state index contributed by atoms with van der Waals surface area (Å²) in [6.07, 6.45) is 1.25. The van der Waals surface area contributed by atoms with Crippen LogP contribution < -0.4 is 9.64 Å². The Bertz CT molecular complexity index is 1050. The molecule has 1 aliphatic heterocycles. The molecule has 1 aliphatic rings. The van der Waals surface area contributed by atoms with Crippen molar-refractivity contribution >= 4 is 44.4 Å². The van der Waals surface area contributed by atoms with E-state index in [-0.39, 0.29) is 11.7 Å². The van der Waals surface area contributed by atoms with E-state index in [4.69, 9.17) is 9.47 Å². The summed E-state index contributed by atoms with van der Waals surface area (Å²) in [5, 5.41) is 0.636. The number of amides is 1. The smallest absolute Gasteiger partial charge is 0.229 e. The number of carbonyl (C=O) groups excluding carboxylic acids is 1. The van der Waals surface area contributed by atoms with E-state index in [0.29, 0.717) is 23.8 Å². The Morgan fingerprint density at radius 1 is 1.24 bits per heavy atom. The molecule has 0 radical (unpaired) electrons. The molecule has 0 unspecified atom stereocenters. The summed E-state index contributed by atoms with van der Waals surface area (Å²) in [4.78, 5) is 23.1. The number of nitrogens with zero attached hydrogens (tertiary/aromatic N) is 3. The van der Waals surface area contributed by atoms with Crippen molar-refractivity contribution in [2.45, 2.75) is 17.7 Å². The highest BCUT2D eigenvalue weighted by molar-refractivity contribution is 7.99. The molecule has 0 bridgehead atoms. The number of thioether (sulfide) groups is 1. The van der Waals surface area contributed by atoms with Gasteiger partial charge in [-0.15, -0.1) is 11.8 Å². The molecule has 1 saturated heterocycles. The van der Waals surface area contributed by atoms with Crippen LogP contribution in [-0.2, 0) is 9.53 Å². The van der Waals surface area contributed by atoms with Crippen LogP contribution in [0.5, 0.6) is 5.75 Å². The fourth-order valence-corrected chi connectivity index (χ4v) is 5.54. The second-order valence-electron chi connectivity index (χ2n) is 7.74. The summed E-state index contributed by atoms with van der Waals surface area (Å²) >= 11 is 3.01. The van der Waals surface area contributed by atoms with Crippen molar-refractivity contribution in [3.05, 3.63) is 48.3 Å². The number of anilines is 1. The lowest BCUT2D eigenvalue weighted by Crippen LogP contribution is -2.39. The van der Waals surface area contributed by atoms with Crippen LogP contribution in [0.25, 0.3) is 10.2 Å². The predicted octanol–water partition coefficient (Wildman–Crippen LogP) is 4.68. The molecule has 0 atom stereocenters. The van der Waals surface area contributed by atoms with Crippen LogP contribution in [0.3, 0.4) is 0 Å². The highest BCUT2D eigenvalue weighted by atomic mass is 32.2. The van der Waals surface area contributed by atoms with E-state index in [1.54, 1.807) is 29.8 Å². The van der Waals surface area contributed by atoms with Crippen LogP contribution >= 0.6 is 23.1 Å². The third-order valence-electron chi connectivity index (χ3n) is 5.48. The van der Waals surface area contributed by atoms with E-state index in [1.165, 1.54) is 23.5 Å². The predicted molar refractivity (Wildman–Crippen MR) is 132 cm³/mol. The SMILES string of the molecule is COc1ccc(SCCC(=O)N(CCCN2CCOCC2)c2nc3ccc(F)cc3s2)cc1. The highest BCUT2D eigenvalue weighted by Gasteiger charge is 2.20. The van der Waals surface area contributed by atoms with E-state index in [9.17, 15) is 9.18 Å². The lowest BCUT2D eigenvalue weighted by Gasteiger charge is -2.27. The molecule has 33 heavy (non-hydrogen) atoms. The molecule has 9 heteroatoms. The van der Waals surface area contributed by atoms with Gasteiger partial charge in [-0.3, -0.25) is 14.6 Å². The first-order valence-electron chi connectivity index (χ1n) is 11.1. The van der Waals surface area contributed by atoms with Gasteiger partial charge in [0.1, 0.15) is 11.6 Å². The molecule has 0 saturated carbocycles. The lowest BCUT2D eigenvalue weighted by atomic mass is 10.3. The standard InChI is InChI=1S/C24H28FN3O3S2/c1-30-19-4-6-20(7-5-19)32-16-9-23(29)28(11-2-10-27-12-14-31-15-13-27)24-26-21-8-3-18(25)17-22(21)33-24/h3-8,17H,2,9-16H2,1H3. The Kier molecular flexibility index (Phi) is 8.55. The van der Waals surface area contributed by atoms with Gasteiger partial charge in [0.05, 0.1) is 30.5 Å². The van der Waals surface area contributed by atoms with E-state index in [2.05, 4.69) is 9.88 Å². The number of ether oxygens (including phenoxy) is 2. The summed E-state index contributed by atoms with van der Waals surface area (Å²) in [5.41, 5.74) is 0.718.